The van der Waals surface area contributed by atoms with E-state index in [-0.39, 0.29) is 11.3 Å². The van der Waals surface area contributed by atoms with Crippen LogP contribution in [0.2, 0.25) is 0 Å². The molecule has 0 heterocycles. The van der Waals surface area contributed by atoms with Gasteiger partial charge in [-0.3, -0.25) is 0 Å². The van der Waals surface area contributed by atoms with Gasteiger partial charge in [0.1, 0.15) is 11.3 Å². The molecule has 4 rings (SSSR count). The largest absolute Gasteiger partial charge is 0.507 e. The van der Waals surface area contributed by atoms with E-state index in [1.165, 1.54) is 6.07 Å². The van der Waals surface area contributed by atoms with Crippen molar-refractivity contribution in [3.05, 3.63) is 54.1 Å². The maximum absolute atomic E-state index is 11.4. The maximum atomic E-state index is 11.4. The van der Waals surface area contributed by atoms with E-state index in [1.807, 2.05) is 36.4 Å². The fourth-order valence-corrected chi connectivity index (χ4v) is 3.02. The molecule has 0 amide bonds. The van der Waals surface area contributed by atoms with E-state index < -0.39 is 5.97 Å². The molecule has 0 aliphatic rings. The van der Waals surface area contributed by atoms with Gasteiger partial charge in [0.05, 0.1) is 0 Å². The van der Waals surface area contributed by atoms with E-state index in [1.54, 1.807) is 6.07 Å². The number of benzene rings is 4. The minimum absolute atomic E-state index is 0.0317. The Hall–Kier alpha value is -2.81. The van der Waals surface area contributed by atoms with Crippen molar-refractivity contribution < 1.29 is 15.0 Å². The van der Waals surface area contributed by atoms with Crippen molar-refractivity contribution >= 4 is 38.3 Å². The molecule has 0 atom stereocenters. The van der Waals surface area contributed by atoms with Crippen molar-refractivity contribution in [3.63, 3.8) is 0 Å². The number of phenols is 1. The highest BCUT2D eigenvalue weighted by atomic mass is 16.4. The number of carboxylic acids is 1. The lowest BCUT2D eigenvalue weighted by atomic mass is 9.91. The molecule has 0 saturated carbocycles. The zero-order valence-electron chi connectivity index (χ0n) is 10.4. The molecule has 0 fully saturated rings. The van der Waals surface area contributed by atoms with Crippen molar-refractivity contribution in [1.82, 2.24) is 0 Å². The van der Waals surface area contributed by atoms with Crippen LogP contribution in [0, 0.1) is 0 Å². The summed E-state index contributed by atoms with van der Waals surface area (Å²) in [6, 6.07) is 15.1. The van der Waals surface area contributed by atoms with Gasteiger partial charge >= 0.3 is 5.97 Å². The first-order valence-electron chi connectivity index (χ1n) is 6.29. The van der Waals surface area contributed by atoms with E-state index in [9.17, 15) is 15.0 Å². The van der Waals surface area contributed by atoms with Gasteiger partial charge in [0, 0.05) is 5.39 Å². The van der Waals surface area contributed by atoms with Crippen molar-refractivity contribution in [2.75, 3.05) is 0 Å². The molecular formula is C17H10O3. The molecule has 96 valence electrons. The van der Waals surface area contributed by atoms with E-state index in [0.29, 0.717) is 5.39 Å². The van der Waals surface area contributed by atoms with Crippen molar-refractivity contribution in [3.8, 4) is 5.75 Å². The number of aromatic carboxylic acids is 1. The molecule has 0 unspecified atom stereocenters. The second kappa shape index (κ2) is 3.61. The lowest BCUT2D eigenvalue weighted by Crippen LogP contribution is -1.99. The molecule has 0 aromatic heterocycles. The third-order valence-corrected chi connectivity index (χ3v) is 3.84. The first-order chi connectivity index (χ1) is 9.66. The zero-order valence-corrected chi connectivity index (χ0v) is 10.4. The summed E-state index contributed by atoms with van der Waals surface area (Å²) in [5.74, 6) is -1.30. The van der Waals surface area contributed by atoms with E-state index in [0.717, 1.165) is 26.9 Å². The topological polar surface area (TPSA) is 57.5 Å². The van der Waals surface area contributed by atoms with Gasteiger partial charge in [-0.15, -0.1) is 0 Å². The van der Waals surface area contributed by atoms with E-state index >= 15 is 0 Å². The predicted molar refractivity (Wildman–Crippen MR) is 78.8 cm³/mol. The number of hydrogen-bond acceptors (Lipinski definition) is 2. The van der Waals surface area contributed by atoms with Crippen LogP contribution >= 0.6 is 0 Å². The lowest BCUT2D eigenvalue weighted by Gasteiger charge is -2.13. The summed E-state index contributed by atoms with van der Waals surface area (Å²) in [6.45, 7) is 0. The van der Waals surface area contributed by atoms with E-state index in [4.69, 9.17) is 0 Å². The van der Waals surface area contributed by atoms with Crippen LogP contribution in [0.15, 0.2) is 48.5 Å². The van der Waals surface area contributed by atoms with Crippen LogP contribution in [0.25, 0.3) is 32.3 Å². The predicted octanol–water partition coefficient (Wildman–Crippen LogP) is 3.99. The molecule has 3 nitrogen and oxygen atoms in total. The Morgan fingerprint density at radius 2 is 1.50 bits per heavy atom. The number of carbonyl (C=O) groups is 1. The van der Waals surface area contributed by atoms with Gasteiger partial charge in [0.2, 0.25) is 0 Å². The number of carboxylic acid groups (broad SMARTS) is 1. The van der Waals surface area contributed by atoms with Crippen LogP contribution in [0.4, 0.5) is 0 Å². The Bertz CT molecular complexity index is 970. The van der Waals surface area contributed by atoms with Crippen molar-refractivity contribution in [1.29, 1.82) is 0 Å². The third-order valence-electron chi connectivity index (χ3n) is 3.84. The molecule has 0 spiro atoms. The Morgan fingerprint density at radius 3 is 2.20 bits per heavy atom. The second-order valence-electron chi connectivity index (χ2n) is 4.93. The highest BCUT2D eigenvalue weighted by Gasteiger charge is 2.18. The molecule has 2 N–H and O–H groups in total. The minimum atomic E-state index is -1.11. The summed E-state index contributed by atoms with van der Waals surface area (Å²) < 4.78 is 0. The van der Waals surface area contributed by atoms with Crippen LogP contribution in [0.5, 0.6) is 5.75 Å². The normalized spacial score (nSPS) is 11.6. The fraction of sp³-hybridized carbons (Fsp3) is 0. The molecule has 4 aromatic rings. The SMILES string of the molecule is O=C(O)c1c(O)cc2ccc3cccc4ccc1c2c34. The van der Waals surface area contributed by atoms with Crippen molar-refractivity contribution in [2.24, 2.45) is 0 Å². The Labute approximate surface area is 114 Å². The summed E-state index contributed by atoms with van der Waals surface area (Å²) in [6.07, 6.45) is 0. The minimum Gasteiger partial charge on any atom is -0.507 e. The maximum Gasteiger partial charge on any atom is 0.340 e. The fourth-order valence-electron chi connectivity index (χ4n) is 3.02. The number of aromatic hydroxyl groups is 1. The first kappa shape index (κ1) is 11.1. The summed E-state index contributed by atoms with van der Waals surface area (Å²) in [5, 5.41) is 24.8. The Morgan fingerprint density at radius 1 is 0.850 bits per heavy atom. The molecular weight excluding hydrogens is 252 g/mol. The molecule has 0 aliphatic carbocycles. The van der Waals surface area contributed by atoms with Crippen LogP contribution in [-0.4, -0.2) is 16.2 Å². The average Bonchev–Trinajstić information content (AvgIpc) is 2.43. The Kier molecular flexibility index (Phi) is 1.99. The first-order valence-corrected chi connectivity index (χ1v) is 6.29. The summed E-state index contributed by atoms with van der Waals surface area (Å²) in [7, 11) is 0. The summed E-state index contributed by atoms with van der Waals surface area (Å²) in [4.78, 5) is 11.4. The highest BCUT2D eigenvalue weighted by molar-refractivity contribution is 6.26. The molecule has 0 radical (unpaired) electrons. The lowest BCUT2D eigenvalue weighted by molar-refractivity contribution is 0.0696. The molecule has 20 heavy (non-hydrogen) atoms. The molecule has 0 saturated heterocycles. The van der Waals surface area contributed by atoms with Crippen LogP contribution < -0.4 is 0 Å². The van der Waals surface area contributed by atoms with Gasteiger partial charge in [-0.2, -0.15) is 0 Å². The molecule has 0 bridgehead atoms. The zero-order chi connectivity index (χ0) is 13.9. The highest BCUT2D eigenvalue weighted by Crippen LogP contribution is 2.39. The summed E-state index contributed by atoms with van der Waals surface area (Å²) >= 11 is 0. The Balaban J connectivity index is 2.39. The van der Waals surface area contributed by atoms with Crippen molar-refractivity contribution in [2.45, 2.75) is 0 Å². The van der Waals surface area contributed by atoms with Gasteiger partial charge in [0.15, 0.2) is 0 Å². The standard InChI is InChI=1S/C17H10O3/c18-13-8-11-5-4-9-2-1-3-10-6-7-12(15(11)14(9)10)16(13)17(19)20/h1-8,18H,(H,19,20). The van der Waals surface area contributed by atoms with Gasteiger partial charge < -0.3 is 10.2 Å². The monoisotopic (exact) mass is 262 g/mol. The van der Waals surface area contributed by atoms with Crippen LogP contribution in [0.3, 0.4) is 0 Å². The van der Waals surface area contributed by atoms with Gasteiger partial charge in [0.25, 0.3) is 0 Å². The number of hydrogen-bond donors (Lipinski definition) is 2. The smallest absolute Gasteiger partial charge is 0.340 e. The molecule has 0 aliphatic heterocycles. The third kappa shape index (κ3) is 1.26. The quantitative estimate of drug-likeness (QED) is 0.510. The average molecular weight is 262 g/mol. The summed E-state index contributed by atoms with van der Waals surface area (Å²) in [5.41, 5.74) is -0.0317. The number of rotatable bonds is 1. The van der Waals surface area contributed by atoms with Gasteiger partial charge in [-0.05, 0) is 33.0 Å². The van der Waals surface area contributed by atoms with Gasteiger partial charge in [-0.25, -0.2) is 4.79 Å². The molecule has 4 aromatic carbocycles. The van der Waals surface area contributed by atoms with E-state index in [2.05, 4.69) is 0 Å². The van der Waals surface area contributed by atoms with Crippen LogP contribution in [-0.2, 0) is 0 Å². The van der Waals surface area contributed by atoms with Gasteiger partial charge in [-0.1, -0.05) is 42.5 Å². The second-order valence-corrected chi connectivity index (χ2v) is 4.93. The van der Waals surface area contributed by atoms with Crippen LogP contribution in [0.1, 0.15) is 10.4 Å². The molecule has 3 heteroatoms.